The standard InChI is InChI=1S/C33H33BrClN3O8/c34-31-24(22-6-2-1-3-7-22)8-4-11-33(31,45-13-5-12-39)20-44-30-16-29(23(15-25(30)35)17-36-28(18-40)32(41)42)43-19-21-9-10-26-27(14-21)38-46-37-26/h1-4,6-11,14-16,28,31,36,39-40H,5,12-13,17-20H2,(H,41,42). The second kappa shape index (κ2) is 15.7. The van der Waals surface area contributed by atoms with Gasteiger partial charge < -0.3 is 29.5 Å². The van der Waals surface area contributed by atoms with Crippen LogP contribution in [-0.2, 0) is 22.7 Å². The first kappa shape index (κ1) is 33.6. The molecule has 1 aromatic heterocycles. The highest BCUT2D eigenvalue weighted by Gasteiger charge is 2.41. The van der Waals surface area contributed by atoms with Crippen molar-refractivity contribution in [2.75, 3.05) is 26.4 Å². The Morgan fingerprint density at radius 1 is 1.07 bits per heavy atom. The highest BCUT2D eigenvalue weighted by Crippen LogP contribution is 2.40. The van der Waals surface area contributed by atoms with E-state index in [9.17, 15) is 20.1 Å². The number of aliphatic hydroxyl groups is 2. The third-order valence-electron chi connectivity index (χ3n) is 7.44. The van der Waals surface area contributed by atoms with Gasteiger partial charge in [-0.3, -0.25) is 10.1 Å². The Hall–Kier alpha value is -3.78. The van der Waals surface area contributed by atoms with Gasteiger partial charge in [0.05, 0.1) is 23.1 Å². The number of carboxylic acid groups (broad SMARTS) is 1. The molecule has 3 aromatic carbocycles. The van der Waals surface area contributed by atoms with Crippen LogP contribution in [0.1, 0.15) is 23.1 Å². The summed E-state index contributed by atoms with van der Waals surface area (Å²) in [6.45, 7) is -0.0633. The molecule has 242 valence electrons. The third kappa shape index (κ3) is 7.95. The number of aliphatic hydroxyl groups excluding tert-OH is 2. The van der Waals surface area contributed by atoms with Crippen LogP contribution in [-0.4, -0.2) is 74.5 Å². The van der Waals surface area contributed by atoms with Gasteiger partial charge in [-0.15, -0.1) is 0 Å². The maximum Gasteiger partial charge on any atom is 0.323 e. The number of nitrogens with zero attached hydrogens (tertiary/aromatic N) is 2. The van der Waals surface area contributed by atoms with Crippen LogP contribution in [0.2, 0.25) is 5.02 Å². The van der Waals surface area contributed by atoms with Gasteiger partial charge in [-0.25, -0.2) is 4.63 Å². The second-order valence-corrected chi connectivity index (χ2v) is 11.9. The highest BCUT2D eigenvalue weighted by molar-refractivity contribution is 9.09. The summed E-state index contributed by atoms with van der Waals surface area (Å²) in [5.41, 5.74) is 3.62. The van der Waals surface area contributed by atoms with Gasteiger partial charge in [0.25, 0.3) is 0 Å². The molecule has 3 atom stereocenters. The van der Waals surface area contributed by atoms with Crippen LogP contribution in [0, 0.1) is 0 Å². The molecule has 11 nitrogen and oxygen atoms in total. The Bertz CT molecular complexity index is 1700. The van der Waals surface area contributed by atoms with E-state index in [1.165, 1.54) is 0 Å². The van der Waals surface area contributed by atoms with Crippen LogP contribution in [0.5, 0.6) is 11.5 Å². The summed E-state index contributed by atoms with van der Waals surface area (Å²) in [7, 11) is 0. The number of alkyl halides is 1. The fraction of sp³-hybridized carbons (Fsp3) is 0.303. The molecule has 0 amide bonds. The van der Waals surface area contributed by atoms with Crippen molar-refractivity contribution in [1.29, 1.82) is 0 Å². The molecule has 1 heterocycles. The number of rotatable bonds is 16. The van der Waals surface area contributed by atoms with E-state index in [2.05, 4.69) is 31.6 Å². The van der Waals surface area contributed by atoms with E-state index in [4.69, 9.17) is 30.4 Å². The monoisotopic (exact) mass is 713 g/mol. The van der Waals surface area contributed by atoms with Crippen LogP contribution in [0.15, 0.2) is 83.5 Å². The number of aliphatic carboxylic acids is 1. The first-order valence-electron chi connectivity index (χ1n) is 14.5. The van der Waals surface area contributed by atoms with Crippen molar-refractivity contribution in [3.8, 4) is 11.5 Å². The highest BCUT2D eigenvalue weighted by atomic mass is 79.9. The number of aromatic nitrogens is 2. The number of carboxylic acids is 1. The lowest BCUT2D eigenvalue weighted by Gasteiger charge is -2.38. The normalized spacial score (nSPS) is 18.3. The fourth-order valence-electron chi connectivity index (χ4n) is 4.92. The predicted octanol–water partition coefficient (Wildman–Crippen LogP) is 4.92. The molecular formula is C33H33BrClN3O8. The average Bonchev–Trinajstić information content (AvgIpc) is 3.54. The van der Waals surface area contributed by atoms with Gasteiger partial charge in [0, 0.05) is 24.8 Å². The van der Waals surface area contributed by atoms with Gasteiger partial charge in [0.1, 0.15) is 47.4 Å². The lowest BCUT2D eigenvalue weighted by atomic mass is 9.86. The maximum absolute atomic E-state index is 11.5. The van der Waals surface area contributed by atoms with Gasteiger partial charge in [-0.2, -0.15) is 0 Å². The van der Waals surface area contributed by atoms with Crippen LogP contribution in [0.25, 0.3) is 16.6 Å². The number of ether oxygens (including phenoxy) is 3. The van der Waals surface area contributed by atoms with E-state index in [-0.39, 0.29) is 36.2 Å². The molecule has 46 heavy (non-hydrogen) atoms. The summed E-state index contributed by atoms with van der Waals surface area (Å²) in [6.07, 6.45) is 6.32. The lowest BCUT2D eigenvalue weighted by Crippen LogP contribution is -2.47. The molecule has 13 heteroatoms. The number of nitrogens with one attached hydrogen (secondary N) is 1. The zero-order valence-corrected chi connectivity index (χ0v) is 27.0. The molecular weight excluding hydrogens is 682 g/mol. The van der Waals surface area contributed by atoms with E-state index in [1.807, 2.05) is 54.6 Å². The topological polar surface area (TPSA) is 156 Å². The molecule has 0 saturated heterocycles. The van der Waals surface area contributed by atoms with E-state index in [1.54, 1.807) is 24.3 Å². The molecule has 3 unspecified atom stereocenters. The average molecular weight is 715 g/mol. The Morgan fingerprint density at radius 3 is 2.63 bits per heavy atom. The number of benzene rings is 3. The molecule has 1 aliphatic rings. The number of halogens is 2. The largest absolute Gasteiger partial charge is 0.488 e. The van der Waals surface area contributed by atoms with E-state index >= 15 is 0 Å². The lowest BCUT2D eigenvalue weighted by molar-refractivity contribution is -0.140. The quantitative estimate of drug-likeness (QED) is 0.0923. The second-order valence-electron chi connectivity index (χ2n) is 10.6. The number of hydrogen-bond donors (Lipinski definition) is 4. The van der Waals surface area contributed by atoms with Gasteiger partial charge in [-0.1, -0.05) is 76.1 Å². The molecule has 4 N–H and O–H groups in total. The SMILES string of the molecule is O=C(O)C(CO)NCc1cc(Cl)c(OCC2(OCCCO)C=CC=C(c3ccccc3)C2Br)cc1OCc1ccc2nonc2c1. The minimum Gasteiger partial charge on any atom is -0.488 e. The number of carbonyl (C=O) groups is 1. The molecule has 1 aliphatic carbocycles. The van der Waals surface area contributed by atoms with Crippen molar-refractivity contribution in [1.82, 2.24) is 15.6 Å². The molecule has 0 bridgehead atoms. The number of hydrogen-bond acceptors (Lipinski definition) is 10. The van der Waals surface area contributed by atoms with Crippen LogP contribution >= 0.6 is 27.5 Å². The van der Waals surface area contributed by atoms with Gasteiger partial charge >= 0.3 is 5.97 Å². The summed E-state index contributed by atoms with van der Waals surface area (Å²) in [4.78, 5) is 11.2. The summed E-state index contributed by atoms with van der Waals surface area (Å²) in [6, 6.07) is 17.4. The maximum atomic E-state index is 11.5. The molecule has 0 radical (unpaired) electrons. The van der Waals surface area contributed by atoms with Crippen molar-refractivity contribution >= 4 is 50.1 Å². The summed E-state index contributed by atoms with van der Waals surface area (Å²) in [5, 5.41) is 39.1. The first-order chi connectivity index (χ1) is 22.3. The Balaban J connectivity index is 1.41. The minimum absolute atomic E-state index is 0.0177. The van der Waals surface area contributed by atoms with E-state index < -0.39 is 24.2 Å². The van der Waals surface area contributed by atoms with Crippen molar-refractivity contribution in [2.24, 2.45) is 0 Å². The Morgan fingerprint density at radius 2 is 1.87 bits per heavy atom. The molecule has 0 saturated carbocycles. The van der Waals surface area contributed by atoms with Crippen molar-refractivity contribution in [3.63, 3.8) is 0 Å². The van der Waals surface area contributed by atoms with Crippen LogP contribution in [0.4, 0.5) is 0 Å². The van der Waals surface area contributed by atoms with Crippen LogP contribution < -0.4 is 14.8 Å². The summed E-state index contributed by atoms with van der Waals surface area (Å²) < 4.78 is 23.7. The minimum atomic E-state index is -1.19. The number of fused-ring (bicyclic) bond motifs is 1. The first-order valence-corrected chi connectivity index (χ1v) is 15.8. The van der Waals surface area contributed by atoms with Crippen molar-refractivity contribution in [2.45, 2.75) is 36.0 Å². The van der Waals surface area contributed by atoms with E-state index in [0.29, 0.717) is 41.1 Å². The molecule has 5 rings (SSSR count). The number of allylic oxidation sites excluding steroid dienone is 2. The smallest absolute Gasteiger partial charge is 0.323 e. The summed E-state index contributed by atoms with van der Waals surface area (Å²) in [5.74, 6) is -0.476. The Labute approximate surface area is 278 Å². The third-order valence-corrected chi connectivity index (χ3v) is 9.00. The molecule has 0 spiro atoms. The fourth-order valence-corrected chi connectivity index (χ4v) is 6.00. The molecule has 4 aromatic rings. The van der Waals surface area contributed by atoms with E-state index in [0.717, 1.165) is 16.7 Å². The Kier molecular flexibility index (Phi) is 11.4. The molecule has 0 fully saturated rings. The molecule has 0 aliphatic heterocycles. The summed E-state index contributed by atoms with van der Waals surface area (Å²) >= 11 is 10.6. The van der Waals surface area contributed by atoms with Crippen LogP contribution in [0.3, 0.4) is 0 Å². The van der Waals surface area contributed by atoms with Crippen molar-refractivity contribution in [3.05, 3.63) is 101 Å². The van der Waals surface area contributed by atoms with Gasteiger partial charge in [-0.05, 0) is 57.7 Å². The van der Waals surface area contributed by atoms with Crippen molar-refractivity contribution < 1.29 is 39.0 Å². The van der Waals surface area contributed by atoms with Gasteiger partial charge in [0.2, 0.25) is 0 Å². The predicted molar refractivity (Wildman–Crippen MR) is 175 cm³/mol. The zero-order valence-electron chi connectivity index (χ0n) is 24.6. The van der Waals surface area contributed by atoms with Gasteiger partial charge in [0.15, 0.2) is 0 Å². The zero-order chi connectivity index (χ0) is 32.5.